The lowest BCUT2D eigenvalue weighted by Gasteiger charge is -2.24. The van der Waals surface area contributed by atoms with Gasteiger partial charge in [-0.2, -0.15) is 4.31 Å². The SMILES string of the molecule is CCn1nnc2c(C)c(C(CC(=O)OC)c3ccc(C)c(CN4C[C@@H](C)Oc5ccccc5S4(=O)=O)c3)ccc21. The second kappa shape index (κ2) is 11.0. The van der Waals surface area contributed by atoms with Crippen molar-refractivity contribution in [1.82, 2.24) is 19.3 Å². The Morgan fingerprint density at radius 3 is 2.67 bits per heavy atom. The van der Waals surface area contributed by atoms with Crippen molar-refractivity contribution >= 4 is 27.0 Å². The Morgan fingerprint density at radius 2 is 1.93 bits per heavy atom. The molecule has 0 amide bonds. The molecule has 4 aromatic rings. The molecule has 1 aromatic heterocycles. The van der Waals surface area contributed by atoms with Crippen molar-refractivity contribution in [3.63, 3.8) is 0 Å². The summed E-state index contributed by atoms with van der Waals surface area (Å²) in [5, 5.41) is 8.66. The van der Waals surface area contributed by atoms with Crippen LogP contribution < -0.4 is 4.74 Å². The highest BCUT2D eigenvalue weighted by Crippen LogP contribution is 2.36. The molecule has 0 saturated heterocycles. The van der Waals surface area contributed by atoms with Crippen LogP contribution in [0.5, 0.6) is 5.75 Å². The summed E-state index contributed by atoms with van der Waals surface area (Å²) in [6, 6.07) is 16.7. The van der Waals surface area contributed by atoms with Gasteiger partial charge in [0.05, 0.1) is 25.6 Å². The lowest BCUT2D eigenvalue weighted by atomic mass is 9.84. The number of carbonyl (C=O) groups is 1. The molecular formula is C30H34N4O5S. The number of hydrogen-bond acceptors (Lipinski definition) is 7. The highest BCUT2D eigenvalue weighted by atomic mass is 32.2. The van der Waals surface area contributed by atoms with E-state index < -0.39 is 10.0 Å². The average molecular weight is 563 g/mol. The molecule has 1 aliphatic rings. The van der Waals surface area contributed by atoms with Crippen LogP contribution >= 0.6 is 0 Å². The number of aromatic nitrogens is 3. The predicted octanol–water partition coefficient (Wildman–Crippen LogP) is 4.73. The zero-order chi connectivity index (χ0) is 28.6. The molecule has 2 heterocycles. The Labute approximate surface area is 234 Å². The fraction of sp³-hybridized carbons (Fsp3) is 0.367. The number of nitrogens with zero attached hydrogens (tertiary/aromatic N) is 4. The molecule has 9 nitrogen and oxygen atoms in total. The maximum absolute atomic E-state index is 13.7. The summed E-state index contributed by atoms with van der Waals surface area (Å²) in [5.41, 5.74) is 6.35. The average Bonchev–Trinajstić information content (AvgIpc) is 3.33. The van der Waals surface area contributed by atoms with Crippen LogP contribution in [0.25, 0.3) is 11.0 Å². The quantitative estimate of drug-likeness (QED) is 0.300. The predicted molar refractivity (Wildman–Crippen MR) is 152 cm³/mol. The van der Waals surface area contributed by atoms with E-state index in [0.29, 0.717) is 12.3 Å². The molecule has 3 aromatic carbocycles. The van der Waals surface area contributed by atoms with Crippen molar-refractivity contribution in [2.24, 2.45) is 0 Å². The number of sulfonamides is 1. The first kappa shape index (κ1) is 27.8. The minimum absolute atomic E-state index is 0.132. The lowest BCUT2D eigenvalue weighted by Crippen LogP contribution is -2.35. The van der Waals surface area contributed by atoms with Gasteiger partial charge < -0.3 is 9.47 Å². The van der Waals surface area contributed by atoms with Gasteiger partial charge in [-0.05, 0) is 73.7 Å². The van der Waals surface area contributed by atoms with E-state index in [4.69, 9.17) is 9.47 Å². The number of carbonyl (C=O) groups excluding carboxylic acids is 1. The zero-order valence-electron chi connectivity index (χ0n) is 23.4. The Balaban J connectivity index is 1.56. The van der Waals surface area contributed by atoms with E-state index in [1.807, 2.05) is 62.7 Å². The molecule has 2 atom stereocenters. The van der Waals surface area contributed by atoms with E-state index in [9.17, 15) is 13.2 Å². The summed E-state index contributed by atoms with van der Waals surface area (Å²) >= 11 is 0. The Morgan fingerprint density at radius 1 is 1.15 bits per heavy atom. The van der Waals surface area contributed by atoms with Gasteiger partial charge in [-0.3, -0.25) is 4.79 Å². The van der Waals surface area contributed by atoms with Crippen LogP contribution in [-0.4, -0.2) is 53.4 Å². The van der Waals surface area contributed by atoms with Gasteiger partial charge in [0.1, 0.15) is 22.3 Å². The van der Waals surface area contributed by atoms with Gasteiger partial charge in [-0.1, -0.05) is 41.6 Å². The summed E-state index contributed by atoms with van der Waals surface area (Å²) in [6.45, 7) is 8.94. The first-order chi connectivity index (χ1) is 19.1. The molecule has 0 bridgehead atoms. The van der Waals surface area contributed by atoms with Gasteiger partial charge in [0.15, 0.2) is 0 Å². The van der Waals surface area contributed by atoms with Crippen molar-refractivity contribution in [2.75, 3.05) is 13.7 Å². The number of aryl methyl sites for hydroxylation is 3. The third kappa shape index (κ3) is 5.09. The molecule has 0 saturated carbocycles. The fourth-order valence-electron chi connectivity index (χ4n) is 5.41. The van der Waals surface area contributed by atoms with E-state index in [-0.39, 0.29) is 42.4 Å². The van der Waals surface area contributed by atoms with Gasteiger partial charge in [0.2, 0.25) is 10.0 Å². The molecule has 0 radical (unpaired) electrons. The lowest BCUT2D eigenvalue weighted by molar-refractivity contribution is -0.140. The topological polar surface area (TPSA) is 104 Å². The molecule has 5 rings (SSSR count). The van der Waals surface area contributed by atoms with Crippen molar-refractivity contribution in [2.45, 2.75) is 64.1 Å². The number of hydrogen-bond donors (Lipinski definition) is 0. The molecule has 0 N–H and O–H groups in total. The summed E-state index contributed by atoms with van der Waals surface area (Å²) in [6.07, 6.45) is -0.187. The van der Waals surface area contributed by atoms with Gasteiger partial charge >= 0.3 is 5.97 Å². The summed E-state index contributed by atoms with van der Waals surface area (Å²) in [4.78, 5) is 12.8. The molecule has 1 aliphatic heterocycles. The monoisotopic (exact) mass is 562 g/mol. The molecule has 0 spiro atoms. The number of ether oxygens (including phenoxy) is 2. The number of para-hydroxylation sites is 1. The molecule has 210 valence electrons. The van der Waals surface area contributed by atoms with Gasteiger partial charge in [0.25, 0.3) is 0 Å². The van der Waals surface area contributed by atoms with Gasteiger partial charge in [-0.25, -0.2) is 13.1 Å². The van der Waals surface area contributed by atoms with Crippen LogP contribution in [0.3, 0.4) is 0 Å². The van der Waals surface area contributed by atoms with Gasteiger partial charge in [-0.15, -0.1) is 5.10 Å². The minimum atomic E-state index is -3.79. The number of rotatable bonds is 7. The van der Waals surface area contributed by atoms with E-state index in [2.05, 4.69) is 10.3 Å². The van der Waals surface area contributed by atoms with Crippen LogP contribution in [0.2, 0.25) is 0 Å². The van der Waals surface area contributed by atoms with Crippen LogP contribution in [0.15, 0.2) is 59.5 Å². The number of fused-ring (bicyclic) bond motifs is 2. The molecular weight excluding hydrogens is 528 g/mol. The smallest absolute Gasteiger partial charge is 0.306 e. The van der Waals surface area contributed by atoms with Crippen molar-refractivity contribution in [3.05, 3.63) is 82.4 Å². The normalized spacial score (nSPS) is 17.6. The number of esters is 1. The Kier molecular flexibility index (Phi) is 7.65. The molecule has 10 heteroatoms. The highest BCUT2D eigenvalue weighted by Gasteiger charge is 2.33. The minimum Gasteiger partial charge on any atom is -0.488 e. The molecule has 0 aliphatic carbocycles. The summed E-state index contributed by atoms with van der Waals surface area (Å²) < 4.78 is 41.7. The van der Waals surface area contributed by atoms with Crippen molar-refractivity contribution in [3.8, 4) is 5.75 Å². The number of methoxy groups -OCH3 is 1. The third-order valence-electron chi connectivity index (χ3n) is 7.63. The maximum Gasteiger partial charge on any atom is 0.306 e. The first-order valence-corrected chi connectivity index (χ1v) is 14.8. The van der Waals surface area contributed by atoms with E-state index in [1.165, 1.54) is 11.4 Å². The van der Waals surface area contributed by atoms with E-state index >= 15 is 0 Å². The zero-order valence-corrected chi connectivity index (χ0v) is 24.2. The third-order valence-corrected chi connectivity index (χ3v) is 9.49. The Bertz CT molecular complexity index is 1680. The molecule has 0 fully saturated rings. The Hall–Kier alpha value is -3.76. The highest BCUT2D eigenvalue weighted by molar-refractivity contribution is 7.89. The van der Waals surface area contributed by atoms with Crippen molar-refractivity contribution < 1.29 is 22.7 Å². The van der Waals surface area contributed by atoms with Crippen molar-refractivity contribution in [1.29, 1.82) is 0 Å². The summed E-state index contributed by atoms with van der Waals surface area (Å²) in [5.74, 6) is -0.278. The fourth-order valence-corrected chi connectivity index (χ4v) is 7.02. The standard InChI is InChI=1S/C30H34N4O5S/c1-6-34-26-14-13-24(21(4)30(26)31-32-34)25(16-29(35)38-5)22-12-11-19(2)23(15-22)18-33-17-20(3)39-27-9-7-8-10-28(27)40(33,36)37/h7-15,20,25H,6,16-18H2,1-5H3/t20-,25?/m1/s1. The van der Waals surface area contributed by atoms with E-state index in [0.717, 1.165) is 38.9 Å². The van der Waals surface area contributed by atoms with E-state index in [1.54, 1.807) is 24.3 Å². The summed E-state index contributed by atoms with van der Waals surface area (Å²) in [7, 11) is -2.41. The second-order valence-corrected chi connectivity index (χ2v) is 12.2. The maximum atomic E-state index is 13.7. The molecule has 40 heavy (non-hydrogen) atoms. The van der Waals surface area contributed by atoms with Gasteiger partial charge in [0, 0.05) is 19.0 Å². The van der Waals surface area contributed by atoms with Crippen LogP contribution in [-0.2, 0) is 32.6 Å². The van der Waals surface area contributed by atoms with Crippen LogP contribution in [0.4, 0.5) is 0 Å². The largest absolute Gasteiger partial charge is 0.488 e. The number of benzene rings is 3. The van der Waals surface area contributed by atoms with Crippen LogP contribution in [0, 0.1) is 13.8 Å². The van der Waals surface area contributed by atoms with Crippen LogP contribution in [0.1, 0.15) is 54.0 Å². The first-order valence-electron chi connectivity index (χ1n) is 13.4. The molecule has 1 unspecified atom stereocenters. The second-order valence-electron chi connectivity index (χ2n) is 10.2.